The number of aromatic nitrogens is 2. The average molecular weight is 273 g/mol. The molecule has 2 N–H and O–H groups in total. The predicted molar refractivity (Wildman–Crippen MR) is 56.8 cm³/mol. The van der Waals surface area contributed by atoms with Gasteiger partial charge in [-0.2, -0.15) is 13.2 Å². The van der Waals surface area contributed by atoms with Gasteiger partial charge in [0.15, 0.2) is 11.3 Å². The van der Waals surface area contributed by atoms with Crippen molar-refractivity contribution in [2.75, 3.05) is 5.32 Å². The second-order valence-electron chi connectivity index (χ2n) is 3.54. The maximum absolute atomic E-state index is 12.1. The number of anilines is 1. The summed E-state index contributed by atoms with van der Waals surface area (Å²) in [5, 5.41) is 10.4. The largest absolute Gasteiger partial charge is 0.476 e. The van der Waals surface area contributed by atoms with E-state index in [4.69, 9.17) is 5.11 Å². The topological polar surface area (TPSA) is 83.7 Å². The fourth-order valence-electron chi connectivity index (χ4n) is 1.41. The normalized spacial score (nSPS) is 11.5. The number of carbonyl (C=O) groups is 2. The third-order valence-electron chi connectivity index (χ3n) is 2.21. The number of amides is 1. The maximum Gasteiger partial charge on any atom is 0.471 e. The van der Waals surface area contributed by atoms with E-state index in [-0.39, 0.29) is 17.0 Å². The van der Waals surface area contributed by atoms with Crippen LogP contribution >= 0.6 is 0 Å². The van der Waals surface area contributed by atoms with Crippen molar-refractivity contribution in [3.63, 3.8) is 0 Å². The molecule has 2 heterocycles. The molecule has 0 radical (unpaired) electrons. The van der Waals surface area contributed by atoms with Gasteiger partial charge in [-0.3, -0.25) is 4.79 Å². The van der Waals surface area contributed by atoms with E-state index < -0.39 is 18.1 Å². The van der Waals surface area contributed by atoms with Crippen LogP contribution in [0.1, 0.15) is 10.5 Å². The van der Waals surface area contributed by atoms with Crippen molar-refractivity contribution in [3.05, 3.63) is 30.2 Å². The number of pyridine rings is 1. The van der Waals surface area contributed by atoms with Crippen molar-refractivity contribution >= 4 is 23.2 Å². The lowest BCUT2D eigenvalue weighted by atomic mass is 10.4. The van der Waals surface area contributed by atoms with E-state index in [1.165, 1.54) is 22.7 Å². The third kappa shape index (κ3) is 2.49. The van der Waals surface area contributed by atoms with E-state index in [1.807, 2.05) is 0 Å². The lowest BCUT2D eigenvalue weighted by Crippen LogP contribution is -2.30. The van der Waals surface area contributed by atoms with Crippen LogP contribution in [-0.2, 0) is 4.79 Å². The van der Waals surface area contributed by atoms with Gasteiger partial charge in [0.25, 0.3) is 0 Å². The van der Waals surface area contributed by atoms with E-state index in [0.717, 1.165) is 6.20 Å². The molecule has 0 aliphatic heterocycles. The van der Waals surface area contributed by atoms with Crippen LogP contribution in [-0.4, -0.2) is 32.5 Å². The van der Waals surface area contributed by atoms with Crippen LogP contribution in [0.5, 0.6) is 0 Å². The molecule has 6 nitrogen and oxygen atoms in total. The highest BCUT2D eigenvalue weighted by Crippen LogP contribution is 2.21. The van der Waals surface area contributed by atoms with Crippen LogP contribution in [0.4, 0.5) is 18.9 Å². The molecule has 0 spiro atoms. The Balaban J connectivity index is 2.44. The molecule has 0 bridgehead atoms. The molecule has 0 aliphatic carbocycles. The number of rotatable bonds is 2. The van der Waals surface area contributed by atoms with Gasteiger partial charge >= 0.3 is 18.1 Å². The first-order valence-corrected chi connectivity index (χ1v) is 4.88. The summed E-state index contributed by atoms with van der Waals surface area (Å²) in [6.07, 6.45) is -2.51. The van der Waals surface area contributed by atoms with E-state index in [0.29, 0.717) is 0 Å². The standard InChI is InChI=1S/C10H6F3N3O3/c11-10(12,13)9(19)15-5-2-1-3-16-4-6(8(17)18)14-7(5)16/h1-4H,(H,15,19)(H,17,18). The van der Waals surface area contributed by atoms with Crippen LogP contribution in [0, 0.1) is 0 Å². The molecule has 0 saturated carbocycles. The summed E-state index contributed by atoms with van der Waals surface area (Å²) in [5.41, 5.74) is -0.650. The number of imidazole rings is 1. The summed E-state index contributed by atoms with van der Waals surface area (Å²) in [7, 11) is 0. The molecule has 19 heavy (non-hydrogen) atoms. The molecule has 2 aromatic rings. The smallest absolute Gasteiger partial charge is 0.471 e. The molecule has 100 valence electrons. The first kappa shape index (κ1) is 12.9. The number of carbonyl (C=O) groups excluding carboxylic acids is 1. The minimum Gasteiger partial charge on any atom is -0.476 e. The number of aromatic carboxylic acids is 1. The first-order valence-electron chi connectivity index (χ1n) is 4.88. The van der Waals surface area contributed by atoms with Gasteiger partial charge in [0.1, 0.15) is 0 Å². The fourth-order valence-corrected chi connectivity index (χ4v) is 1.41. The van der Waals surface area contributed by atoms with Gasteiger partial charge < -0.3 is 14.8 Å². The Labute approximate surface area is 103 Å². The Morgan fingerprint density at radius 2 is 2.05 bits per heavy atom. The highest BCUT2D eigenvalue weighted by molar-refractivity contribution is 5.98. The van der Waals surface area contributed by atoms with Crippen LogP contribution in [0.25, 0.3) is 5.65 Å². The molecular weight excluding hydrogens is 267 g/mol. The van der Waals surface area contributed by atoms with Gasteiger partial charge in [-0.25, -0.2) is 9.78 Å². The van der Waals surface area contributed by atoms with E-state index in [1.54, 1.807) is 5.32 Å². The number of hydrogen-bond donors (Lipinski definition) is 2. The Morgan fingerprint density at radius 3 is 2.63 bits per heavy atom. The first-order chi connectivity index (χ1) is 8.79. The average Bonchev–Trinajstić information content (AvgIpc) is 2.72. The molecule has 2 rings (SSSR count). The number of carboxylic acids is 1. The number of carboxylic acid groups (broad SMARTS) is 1. The molecule has 1 amide bonds. The van der Waals surface area contributed by atoms with Crippen molar-refractivity contribution in [1.82, 2.24) is 9.38 Å². The number of alkyl halides is 3. The Kier molecular flexibility index (Phi) is 2.89. The van der Waals surface area contributed by atoms with Gasteiger partial charge in [-0.1, -0.05) is 0 Å². The summed E-state index contributed by atoms with van der Waals surface area (Å²) in [5.74, 6) is -3.47. The second kappa shape index (κ2) is 4.26. The molecule has 2 aromatic heterocycles. The predicted octanol–water partition coefficient (Wildman–Crippen LogP) is 1.53. The molecule has 0 aromatic carbocycles. The zero-order chi connectivity index (χ0) is 14.2. The summed E-state index contributed by atoms with van der Waals surface area (Å²) in [4.78, 5) is 25.2. The van der Waals surface area contributed by atoms with Crippen LogP contribution in [0.3, 0.4) is 0 Å². The number of halogens is 3. The van der Waals surface area contributed by atoms with E-state index in [9.17, 15) is 22.8 Å². The molecule has 0 atom stereocenters. The zero-order valence-corrected chi connectivity index (χ0v) is 9.10. The molecule has 0 unspecified atom stereocenters. The number of nitrogens with one attached hydrogen (secondary N) is 1. The fraction of sp³-hybridized carbons (Fsp3) is 0.100. The van der Waals surface area contributed by atoms with Crippen LogP contribution < -0.4 is 5.32 Å². The highest BCUT2D eigenvalue weighted by Gasteiger charge is 2.39. The minimum atomic E-state index is -5.03. The number of fused-ring (bicyclic) bond motifs is 1. The lowest BCUT2D eigenvalue weighted by molar-refractivity contribution is -0.167. The zero-order valence-electron chi connectivity index (χ0n) is 9.10. The Morgan fingerprint density at radius 1 is 1.37 bits per heavy atom. The molecule has 0 aliphatic rings. The lowest BCUT2D eigenvalue weighted by Gasteiger charge is -2.08. The highest BCUT2D eigenvalue weighted by atomic mass is 19.4. The van der Waals surface area contributed by atoms with Gasteiger partial charge in [0.05, 0.1) is 5.69 Å². The summed E-state index contributed by atoms with van der Waals surface area (Å²) in [6, 6.07) is 2.55. The Hall–Kier alpha value is -2.58. The van der Waals surface area contributed by atoms with Gasteiger partial charge in [-0.05, 0) is 12.1 Å². The van der Waals surface area contributed by atoms with Crippen molar-refractivity contribution in [3.8, 4) is 0 Å². The molecule has 0 fully saturated rings. The second-order valence-corrected chi connectivity index (χ2v) is 3.54. The number of nitrogens with zero attached hydrogens (tertiary/aromatic N) is 2. The van der Waals surface area contributed by atoms with Gasteiger partial charge in [0.2, 0.25) is 0 Å². The molecular formula is C10H6F3N3O3. The Bertz CT molecular complexity index is 663. The minimum absolute atomic E-state index is 0.0856. The van der Waals surface area contributed by atoms with E-state index >= 15 is 0 Å². The van der Waals surface area contributed by atoms with Crippen LogP contribution in [0.15, 0.2) is 24.5 Å². The van der Waals surface area contributed by atoms with Crippen LogP contribution in [0.2, 0.25) is 0 Å². The van der Waals surface area contributed by atoms with Crippen molar-refractivity contribution in [1.29, 1.82) is 0 Å². The van der Waals surface area contributed by atoms with Gasteiger partial charge in [-0.15, -0.1) is 0 Å². The van der Waals surface area contributed by atoms with Crippen molar-refractivity contribution < 1.29 is 27.9 Å². The van der Waals surface area contributed by atoms with E-state index in [2.05, 4.69) is 4.98 Å². The quantitative estimate of drug-likeness (QED) is 0.869. The summed E-state index contributed by atoms with van der Waals surface area (Å²) in [6.45, 7) is 0. The van der Waals surface area contributed by atoms with Crippen molar-refractivity contribution in [2.45, 2.75) is 6.18 Å². The molecule has 9 heteroatoms. The molecule has 0 saturated heterocycles. The monoisotopic (exact) mass is 273 g/mol. The summed E-state index contributed by atoms with van der Waals surface area (Å²) >= 11 is 0. The number of hydrogen-bond acceptors (Lipinski definition) is 3. The SMILES string of the molecule is O=C(O)c1cn2cccc(NC(=O)C(F)(F)F)c2n1. The van der Waals surface area contributed by atoms with Gasteiger partial charge in [0, 0.05) is 12.4 Å². The maximum atomic E-state index is 12.1. The van der Waals surface area contributed by atoms with Crippen molar-refractivity contribution in [2.24, 2.45) is 0 Å². The third-order valence-corrected chi connectivity index (χ3v) is 2.21. The summed E-state index contributed by atoms with van der Waals surface area (Å²) < 4.78 is 37.6.